The second kappa shape index (κ2) is 11.6. The number of non-ortho nitro benzene ring substituents is 1. The van der Waals surface area contributed by atoms with E-state index in [0.717, 1.165) is 31.7 Å². The molecule has 0 N–H and O–H groups in total. The van der Waals surface area contributed by atoms with Gasteiger partial charge in [-0.1, -0.05) is 61.5 Å². The van der Waals surface area contributed by atoms with Crippen LogP contribution in [0, 0.1) is 10.1 Å². The normalized spacial score (nSPS) is 11.0. The lowest BCUT2D eigenvalue weighted by molar-refractivity contribution is -0.384. The fourth-order valence-corrected chi connectivity index (χ4v) is 4.38. The summed E-state index contributed by atoms with van der Waals surface area (Å²) < 4.78 is 11.5. The molecule has 0 amide bonds. The Labute approximate surface area is 222 Å². The standard InChI is InChI=1S/C28H23Cl2NO6/c1-2-3-4-5-6-18-13-22-26(36-16-23(27(22)32)17-7-9-19(29)10-8-17)15-25(18)37-28(33)21-12-11-20(31(34)35)14-24(21)30/h7-16H,2-6H2,1H3. The molecule has 3 aromatic carbocycles. The van der Waals surface area contributed by atoms with Gasteiger partial charge < -0.3 is 9.15 Å². The van der Waals surface area contributed by atoms with Crippen molar-refractivity contribution in [1.82, 2.24) is 0 Å². The number of carbonyl (C=O) groups is 1. The van der Waals surface area contributed by atoms with Gasteiger partial charge in [-0.15, -0.1) is 0 Å². The molecule has 4 aromatic rings. The first-order valence-corrected chi connectivity index (χ1v) is 12.5. The van der Waals surface area contributed by atoms with Gasteiger partial charge in [-0.25, -0.2) is 4.79 Å². The first-order valence-electron chi connectivity index (χ1n) is 11.8. The Kier molecular flexibility index (Phi) is 8.26. The SMILES string of the molecule is CCCCCCc1cc2c(=O)c(-c3ccc(Cl)cc3)coc2cc1OC(=O)c1ccc([N+](=O)[O-])cc1Cl. The predicted octanol–water partition coefficient (Wildman–Crippen LogP) is 8.02. The number of hydrogen-bond donors (Lipinski definition) is 0. The lowest BCUT2D eigenvalue weighted by Crippen LogP contribution is -2.12. The van der Waals surface area contributed by atoms with Crippen LogP contribution in [0.5, 0.6) is 5.75 Å². The number of hydrogen-bond acceptors (Lipinski definition) is 6. The largest absolute Gasteiger partial charge is 0.463 e. The van der Waals surface area contributed by atoms with Gasteiger partial charge in [0, 0.05) is 23.2 Å². The van der Waals surface area contributed by atoms with E-state index in [2.05, 4.69) is 6.92 Å². The molecule has 9 heteroatoms. The molecule has 0 aliphatic rings. The molecule has 0 saturated carbocycles. The van der Waals surface area contributed by atoms with E-state index in [-0.39, 0.29) is 33.0 Å². The van der Waals surface area contributed by atoms with Crippen LogP contribution in [-0.2, 0) is 6.42 Å². The van der Waals surface area contributed by atoms with Crippen LogP contribution in [0.2, 0.25) is 10.0 Å². The summed E-state index contributed by atoms with van der Waals surface area (Å²) in [6.45, 7) is 2.11. The molecule has 0 saturated heterocycles. The molecule has 1 aromatic heterocycles. The minimum Gasteiger partial charge on any atom is -0.463 e. The smallest absolute Gasteiger partial charge is 0.345 e. The van der Waals surface area contributed by atoms with E-state index in [1.54, 1.807) is 30.3 Å². The Bertz CT molecular complexity index is 1530. The van der Waals surface area contributed by atoms with Crippen LogP contribution in [0.25, 0.3) is 22.1 Å². The highest BCUT2D eigenvalue weighted by Gasteiger charge is 2.20. The van der Waals surface area contributed by atoms with Crippen LogP contribution in [-0.4, -0.2) is 10.9 Å². The molecule has 7 nitrogen and oxygen atoms in total. The van der Waals surface area contributed by atoms with E-state index < -0.39 is 10.9 Å². The molecule has 0 aliphatic carbocycles. The maximum Gasteiger partial charge on any atom is 0.345 e. The lowest BCUT2D eigenvalue weighted by Gasteiger charge is -2.13. The minimum absolute atomic E-state index is 0.0103. The Morgan fingerprint density at radius 3 is 2.46 bits per heavy atom. The van der Waals surface area contributed by atoms with Gasteiger partial charge in [-0.3, -0.25) is 14.9 Å². The number of fused-ring (bicyclic) bond motifs is 1. The van der Waals surface area contributed by atoms with Crippen molar-refractivity contribution in [1.29, 1.82) is 0 Å². The first kappa shape index (κ1) is 26.4. The van der Waals surface area contributed by atoms with Gasteiger partial charge in [0.05, 0.1) is 26.5 Å². The summed E-state index contributed by atoms with van der Waals surface area (Å²) in [5, 5.41) is 11.8. The fraction of sp³-hybridized carbons (Fsp3) is 0.214. The van der Waals surface area contributed by atoms with Gasteiger partial charge in [-0.05, 0) is 48.2 Å². The zero-order valence-electron chi connectivity index (χ0n) is 20.0. The summed E-state index contributed by atoms with van der Waals surface area (Å²) >= 11 is 12.1. The quantitative estimate of drug-likeness (QED) is 0.0701. The van der Waals surface area contributed by atoms with E-state index in [9.17, 15) is 19.7 Å². The molecule has 0 bridgehead atoms. The number of benzene rings is 3. The average molecular weight is 540 g/mol. The van der Waals surface area contributed by atoms with Gasteiger partial charge >= 0.3 is 5.97 Å². The van der Waals surface area contributed by atoms with Crippen LogP contribution >= 0.6 is 23.2 Å². The van der Waals surface area contributed by atoms with Crippen molar-refractivity contribution in [3.63, 3.8) is 0 Å². The molecule has 0 fully saturated rings. The highest BCUT2D eigenvalue weighted by molar-refractivity contribution is 6.33. The second-order valence-corrected chi connectivity index (χ2v) is 9.41. The van der Waals surface area contributed by atoms with Crippen molar-refractivity contribution in [2.24, 2.45) is 0 Å². The monoisotopic (exact) mass is 539 g/mol. The van der Waals surface area contributed by atoms with Crippen molar-refractivity contribution in [2.45, 2.75) is 39.0 Å². The average Bonchev–Trinajstić information content (AvgIpc) is 2.87. The third-order valence-electron chi connectivity index (χ3n) is 6.00. The number of rotatable bonds is 9. The van der Waals surface area contributed by atoms with E-state index >= 15 is 0 Å². The molecular weight excluding hydrogens is 517 g/mol. The highest BCUT2D eigenvalue weighted by Crippen LogP contribution is 2.31. The van der Waals surface area contributed by atoms with Gasteiger partial charge in [-0.2, -0.15) is 0 Å². The minimum atomic E-state index is -0.769. The van der Waals surface area contributed by atoms with Crippen molar-refractivity contribution in [3.8, 4) is 16.9 Å². The van der Waals surface area contributed by atoms with E-state index in [4.69, 9.17) is 32.4 Å². The van der Waals surface area contributed by atoms with Crippen LogP contribution in [0.4, 0.5) is 5.69 Å². The number of unbranched alkanes of at least 4 members (excludes halogenated alkanes) is 3. The van der Waals surface area contributed by atoms with Crippen LogP contribution in [0.1, 0.15) is 48.5 Å². The topological polar surface area (TPSA) is 99.7 Å². The van der Waals surface area contributed by atoms with Crippen molar-refractivity contribution < 1.29 is 18.9 Å². The summed E-state index contributed by atoms with van der Waals surface area (Å²) in [5.74, 6) is -0.528. The van der Waals surface area contributed by atoms with Gasteiger partial charge in [0.2, 0.25) is 5.43 Å². The summed E-state index contributed by atoms with van der Waals surface area (Å²) in [6.07, 6.45) is 5.89. The molecule has 37 heavy (non-hydrogen) atoms. The van der Waals surface area contributed by atoms with Crippen LogP contribution < -0.4 is 10.2 Å². The van der Waals surface area contributed by atoms with Crippen molar-refractivity contribution in [2.75, 3.05) is 0 Å². The summed E-state index contributed by atoms with van der Waals surface area (Å²) in [7, 11) is 0. The Morgan fingerprint density at radius 2 is 1.78 bits per heavy atom. The van der Waals surface area contributed by atoms with Crippen LogP contribution in [0.3, 0.4) is 0 Å². The Balaban J connectivity index is 1.73. The number of carbonyl (C=O) groups excluding carboxylic acids is 1. The fourth-order valence-electron chi connectivity index (χ4n) is 4.00. The summed E-state index contributed by atoms with van der Waals surface area (Å²) in [4.78, 5) is 36.7. The highest BCUT2D eigenvalue weighted by atomic mass is 35.5. The van der Waals surface area contributed by atoms with E-state index in [1.807, 2.05) is 0 Å². The predicted molar refractivity (Wildman–Crippen MR) is 144 cm³/mol. The molecule has 190 valence electrons. The van der Waals surface area contributed by atoms with Gasteiger partial charge in [0.25, 0.3) is 5.69 Å². The second-order valence-electron chi connectivity index (χ2n) is 8.56. The molecule has 1 heterocycles. The summed E-state index contributed by atoms with van der Waals surface area (Å²) in [5.41, 5.74) is 1.55. The van der Waals surface area contributed by atoms with Crippen molar-refractivity contribution >= 4 is 45.8 Å². The maximum atomic E-state index is 13.4. The van der Waals surface area contributed by atoms with E-state index in [1.165, 1.54) is 24.5 Å². The third-order valence-corrected chi connectivity index (χ3v) is 6.56. The third kappa shape index (κ3) is 6.01. The zero-order valence-corrected chi connectivity index (χ0v) is 21.5. The molecule has 4 rings (SSSR count). The maximum absolute atomic E-state index is 13.4. The lowest BCUT2D eigenvalue weighted by atomic mass is 10.0. The van der Waals surface area contributed by atoms with Crippen molar-refractivity contribution in [3.05, 3.63) is 102 Å². The van der Waals surface area contributed by atoms with Gasteiger partial charge in [0.15, 0.2) is 0 Å². The summed E-state index contributed by atoms with van der Waals surface area (Å²) in [6, 6.07) is 13.7. The number of esters is 1. The van der Waals surface area contributed by atoms with Crippen LogP contribution in [0.15, 0.2) is 70.1 Å². The molecule has 0 aliphatic heterocycles. The number of aryl methyl sites for hydroxylation is 1. The first-order chi connectivity index (χ1) is 17.8. The number of nitro groups is 1. The number of nitrogens with zero attached hydrogens (tertiary/aromatic N) is 1. The molecule has 0 spiro atoms. The number of ether oxygens (including phenoxy) is 1. The molecule has 0 radical (unpaired) electrons. The number of nitro benzene ring substituents is 1. The molecule has 0 atom stereocenters. The zero-order chi connectivity index (χ0) is 26.5. The Hall–Kier alpha value is -3.68. The Morgan fingerprint density at radius 1 is 1.03 bits per heavy atom. The van der Waals surface area contributed by atoms with Gasteiger partial charge in [0.1, 0.15) is 17.6 Å². The number of halogens is 2. The molecular formula is C28H23Cl2NO6. The van der Waals surface area contributed by atoms with E-state index in [0.29, 0.717) is 33.5 Å². The molecule has 0 unspecified atom stereocenters.